The molecule has 1 unspecified atom stereocenters. The Morgan fingerprint density at radius 2 is 2.25 bits per heavy atom. The second-order valence-corrected chi connectivity index (χ2v) is 4.01. The van der Waals surface area contributed by atoms with E-state index in [2.05, 4.69) is 21.2 Å². The van der Waals surface area contributed by atoms with E-state index in [0.717, 1.165) is 6.07 Å². The molecule has 0 saturated heterocycles. The molecule has 5 nitrogen and oxygen atoms in total. The standard InChI is InChI=1S/C9H11BrFN3O2/c10-4-1-6(12)7(2-5(4)11)14-3-8(15)9(13)16/h1-2,8,14-15H,3,12H2,(H2,13,16). The van der Waals surface area contributed by atoms with E-state index >= 15 is 0 Å². The number of rotatable bonds is 4. The van der Waals surface area contributed by atoms with Gasteiger partial charge < -0.3 is 21.9 Å². The summed E-state index contributed by atoms with van der Waals surface area (Å²) in [5.41, 5.74) is 11.0. The third-order valence-electron chi connectivity index (χ3n) is 1.91. The van der Waals surface area contributed by atoms with Gasteiger partial charge in [0.2, 0.25) is 5.91 Å². The minimum Gasteiger partial charge on any atom is -0.397 e. The third-order valence-corrected chi connectivity index (χ3v) is 2.51. The lowest BCUT2D eigenvalue weighted by Crippen LogP contribution is -2.34. The number of anilines is 2. The van der Waals surface area contributed by atoms with Gasteiger partial charge in [-0.25, -0.2) is 4.39 Å². The minimum absolute atomic E-state index is 0.124. The maximum Gasteiger partial charge on any atom is 0.248 e. The number of hydrogen-bond donors (Lipinski definition) is 4. The predicted octanol–water partition coefficient (Wildman–Crippen LogP) is 0.428. The van der Waals surface area contributed by atoms with E-state index < -0.39 is 17.8 Å². The molecule has 0 saturated carbocycles. The van der Waals surface area contributed by atoms with Crippen molar-refractivity contribution in [1.29, 1.82) is 0 Å². The third kappa shape index (κ3) is 3.07. The van der Waals surface area contributed by atoms with Gasteiger partial charge in [0.1, 0.15) is 11.9 Å². The lowest BCUT2D eigenvalue weighted by molar-refractivity contribution is -0.125. The topological polar surface area (TPSA) is 101 Å². The first-order valence-electron chi connectivity index (χ1n) is 4.37. The molecule has 0 aromatic heterocycles. The molecule has 1 aromatic carbocycles. The molecular weight excluding hydrogens is 281 g/mol. The number of nitrogen functional groups attached to an aromatic ring is 1. The van der Waals surface area contributed by atoms with Crippen molar-refractivity contribution >= 4 is 33.2 Å². The van der Waals surface area contributed by atoms with Crippen LogP contribution in [0.15, 0.2) is 16.6 Å². The number of benzene rings is 1. The highest BCUT2D eigenvalue weighted by Gasteiger charge is 2.12. The minimum atomic E-state index is -1.34. The summed E-state index contributed by atoms with van der Waals surface area (Å²) >= 11 is 2.98. The van der Waals surface area contributed by atoms with Crippen molar-refractivity contribution in [3.05, 3.63) is 22.4 Å². The summed E-state index contributed by atoms with van der Waals surface area (Å²) in [4.78, 5) is 10.5. The van der Waals surface area contributed by atoms with Crippen LogP contribution in [0.2, 0.25) is 0 Å². The van der Waals surface area contributed by atoms with Gasteiger partial charge in [-0.05, 0) is 22.0 Å². The molecule has 16 heavy (non-hydrogen) atoms. The van der Waals surface area contributed by atoms with Crippen molar-refractivity contribution in [2.75, 3.05) is 17.6 Å². The van der Waals surface area contributed by atoms with Crippen LogP contribution < -0.4 is 16.8 Å². The van der Waals surface area contributed by atoms with Gasteiger partial charge in [-0.1, -0.05) is 0 Å². The summed E-state index contributed by atoms with van der Waals surface area (Å²) in [6.45, 7) is -0.124. The normalized spacial score (nSPS) is 12.2. The molecule has 0 heterocycles. The number of carbonyl (C=O) groups is 1. The Morgan fingerprint density at radius 3 is 2.81 bits per heavy atom. The SMILES string of the molecule is NC(=O)C(O)CNc1cc(F)c(Br)cc1N. The molecule has 88 valence electrons. The number of halogens is 2. The Bertz CT molecular complexity index is 414. The Balaban J connectivity index is 2.74. The van der Waals surface area contributed by atoms with Gasteiger partial charge in [0.15, 0.2) is 0 Å². The zero-order valence-electron chi connectivity index (χ0n) is 8.21. The summed E-state index contributed by atoms with van der Waals surface area (Å²) in [5, 5.41) is 11.7. The highest BCUT2D eigenvalue weighted by Crippen LogP contribution is 2.26. The number of hydrogen-bond acceptors (Lipinski definition) is 4. The van der Waals surface area contributed by atoms with Crippen LogP contribution in [0.5, 0.6) is 0 Å². The lowest BCUT2D eigenvalue weighted by atomic mass is 10.2. The Labute approximate surface area is 99.7 Å². The molecule has 0 radical (unpaired) electrons. The smallest absolute Gasteiger partial charge is 0.248 e. The second kappa shape index (κ2) is 5.13. The van der Waals surface area contributed by atoms with E-state index in [1.54, 1.807) is 0 Å². The van der Waals surface area contributed by atoms with Crippen molar-refractivity contribution in [3.8, 4) is 0 Å². The highest BCUT2D eigenvalue weighted by atomic mass is 79.9. The molecule has 0 aliphatic rings. The van der Waals surface area contributed by atoms with Gasteiger partial charge in [0.05, 0.1) is 15.8 Å². The number of aliphatic hydroxyl groups excluding tert-OH is 1. The molecule has 1 aromatic rings. The van der Waals surface area contributed by atoms with Crippen LogP contribution >= 0.6 is 15.9 Å². The van der Waals surface area contributed by atoms with Gasteiger partial charge in [0.25, 0.3) is 0 Å². The van der Waals surface area contributed by atoms with Crippen LogP contribution in [-0.4, -0.2) is 23.7 Å². The fraction of sp³-hybridized carbons (Fsp3) is 0.222. The summed E-state index contributed by atoms with van der Waals surface area (Å²) in [6, 6.07) is 2.54. The molecule has 6 N–H and O–H groups in total. The Hall–Kier alpha value is -1.34. The van der Waals surface area contributed by atoms with Crippen LogP contribution in [0.4, 0.5) is 15.8 Å². The van der Waals surface area contributed by atoms with E-state index in [9.17, 15) is 9.18 Å². The maximum absolute atomic E-state index is 13.1. The summed E-state index contributed by atoms with van der Waals surface area (Å²) < 4.78 is 13.4. The quantitative estimate of drug-likeness (QED) is 0.604. The number of nitrogens with one attached hydrogen (secondary N) is 1. The first kappa shape index (κ1) is 12.7. The largest absolute Gasteiger partial charge is 0.397 e. The van der Waals surface area contributed by atoms with Crippen molar-refractivity contribution in [2.24, 2.45) is 5.73 Å². The average molecular weight is 292 g/mol. The van der Waals surface area contributed by atoms with Crippen LogP contribution in [0, 0.1) is 5.82 Å². The molecule has 0 fully saturated rings. The number of carbonyl (C=O) groups excluding carboxylic acids is 1. The molecule has 0 spiro atoms. The molecular formula is C9H11BrFN3O2. The van der Waals surface area contributed by atoms with Crippen LogP contribution in [-0.2, 0) is 4.79 Å². The van der Waals surface area contributed by atoms with Gasteiger partial charge in [-0.3, -0.25) is 4.79 Å². The number of nitrogens with two attached hydrogens (primary N) is 2. The van der Waals surface area contributed by atoms with Crippen molar-refractivity contribution in [2.45, 2.75) is 6.10 Å². The summed E-state index contributed by atoms with van der Waals surface area (Å²) in [5.74, 6) is -1.35. The molecule has 1 atom stereocenters. The number of primary amides is 1. The Morgan fingerprint density at radius 1 is 1.62 bits per heavy atom. The molecule has 1 rings (SSSR count). The second-order valence-electron chi connectivity index (χ2n) is 3.15. The first-order chi connectivity index (χ1) is 7.41. The average Bonchev–Trinajstić information content (AvgIpc) is 2.20. The fourth-order valence-corrected chi connectivity index (χ4v) is 1.38. The number of amides is 1. The number of aliphatic hydroxyl groups is 1. The first-order valence-corrected chi connectivity index (χ1v) is 5.17. The molecule has 0 bridgehead atoms. The van der Waals surface area contributed by atoms with E-state index in [-0.39, 0.29) is 11.0 Å². The Kier molecular flexibility index (Phi) is 4.08. The van der Waals surface area contributed by atoms with E-state index in [0.29, 0.717) is 11.4 Å². The van der Waals surface area contributed by atoms with Gasteiger partial charge >= 0.3 is 0 Å². The molecule has 1 amide bonds. The summed E-state index contributed by atoms with van der Waals surface area (Å²) in [6.07, 6.45) is -1.34. The molecule has 0 aliphatic carbocycles. The monoisotopic (exact) mass is 291 g/mol. The fourth-order valence-electron chi connectivity index (χ4n) is 1.02. The van der Waals surface area contributed by atoms with E-state index in [1.807, 2.05) is 0 Å². The molecule has 7 heteroatoms. The van der Waals surface area contributed by atoms with Gasteiger partial charge in [-0.15, -0.1) is 0 Å². The molecule has 0 aliphatic heterocycles. The lowest BCUT2D eigenvalue weighted by Gasteiger charge is -2.12. The van der Waals surface area contributed by atoms with Crippen LogP contribution in [0.25, 0.3) is 0 Å². The van der Waals surface area contributed by atoms with Gasteiger partial charge in [0, 0.05) is 12.6 Å². The van der Waals surface area contributed by atoms with Crippen LogP contribution in [0.1, 0.15) is 0 Å². The summed E-state index contributed by atoms with van der Waals surface area (Å²) in [7, 11) is 0. The van der Waals surface area contributed by atoms with Crippen LogP contribution in [0.3, 0.4) is 0 Å². The maximum atomic E-state index is 13.1. The van der Waals surface area contributed by atoms with E-state index in [4.69, 9.17) is 16.6 Å². The van der Waals surface area contributed by atoms with Crippen molar-refractivity contribution in [3.63, 3.8) is 0 Å². The van der Waals surface area contributed by atoms with Gasteiger partial charge in [-0.2, -0.15) is 0 Å². The zero-order valence-corrected chi connectivity index (χ0v) is 9.79. The van der Waals surface area contributed by atoms with Crippen molar-refractivity contribution < 1.29 is 14.3 Å². The van der Waals surface area contributed by atoms with Crippen molar-refractivity contribution in [1.82, 2.24) is 0 Å². The predicted molar refractivity (Wildman–Crippen MR) is 62.2 cm³/mol. The van der Waals surface area contributed by atoms with E-state index in [1.165, 1.54) is 6.07 Å². The zero-order chi connectivity index (χ0) is 12.3. The highest BCUT2D eigenvalue weighted by molar-refractivity contribution is 9.10.